The summed E-state index contributed by atoms with van der Waals surface area (Å²) in [5.74, 6) is 0. The van der Waals surface area contributed by atoms with Crippen LogP contribution in [0.5, 0.6) is 0 Å². The van der Waals surface area contributed by atoms with Gasteiger partial charge in [0.25, 0.3) is 0 Å². The van der Waals surface area contributed by atoms with Gasteiger partial charge in [-0.15, -0.1) is 11.3 Å². The van der Waals surface area contributed by atoms with Crippen LogP contribution >= 0.6 is 43.2 Å². The highest BCUT2D eigenvalue weighted by atomic mass is 79.9. The van der Waals surface area contributed by atoms with Gasteiger partial charge in [0.2, 0.25) is 0 Å². The van der Waals surface area contributed by atoms with E-state index in [9.17, 15) is 0 Å². The zero-order chi connectivity index (χ0) is 13.9. The highest BCUT2D eigenvalue weighted by molar-refractivity contribution is 9.11. The van der Waals surface area contributed by atoms with Crippen LogP contribution in [0, 0.1) is 0 Å². The zero-order valence-electron chi connectivity index (χ0n) is 10.6. The van der Waals surface area contributed by atoms with Gasteiger partial charge in [0.15, 0.2) is 0 Å². The molecule has 3 rings (SSSR count). The molecule has 0 saturated heterocycles. The number of pyridine rings is 1. The Labute approximate surface area is 138 Å². The second-order valence-electron chi connectivity index (χ2n) is 4.44. The lowest BCUT2D eigenvalue weighted by Crippen LogP contribution is -2.12. The third-order valence-electron chi connectivity index (χ3n) is 3.04. The van der Waals surface area contributed by atoms with Crippen molar-refractivity contribution in [3.63, 3.8) is 0 Å². The van der Waals surface area contributed by atoms with Crippen LogP contribution in [0.25, 0.3) is 10.9 Å². The lowest BCUT2D eigenvalue weighted by Gasteiger charge is -2.08. The molecule has 3 aromatic rings. The molecule has 20 heavy (non-hydrogen) atoms. The number of benzene rings is 1. The Morgan fingerprint density at radius 3 is 2.85 bits per heavy atom. The van der Waals surface area contributed by atoms with Gasteiger partial charge in [-0.3, -0.25) is 4.98 Å². The maximum absolute atomic E-state index is 4.50. The molecule has 0 atom stereocenters. The van der Waals surface area contributed by atoms with Gasteiger partial charge in [0, 0.05) is 43.9 Å². The topological polar surface area (TPSA) is 24.9 Å². The van der Waals surface area contributed by atoms with Crippen molar-refractivity contribution in [3.05, 3.63) is 61.3 Å². The summed E-state index contributed by atoms with van der Waals surface area (Å²) in [6.07, 6.45) is 1.84. The van der Waals surface area contributed by atoms with Gasteiger partial charge in [-0.25, -0.2) is 0 Å². The van der Waals surface area contributed by atoms with Crippen LogP contribution < -0.4 is 5.32 Å². The van der Waals surface area contributed by atoms with Crippen LogP contribution in [-0.2, 0) is 13.1 Å². The lowest BCUT2D eigenvalue weighted by atomic mass is 10.1. The van der Waals surface area contributed by atoms with Gasteiger partial charge in [-0.2, -0.15) is 0 Å². The molecule has 0 saturated carbocycles. The molecular formula is C15H12Br2N2S. The summed E-state index contributed by atoms with van der Waals surface area (Å²) in [7, 11) is 0. The standard InChI is InChI=1S/C15H12Br2N2S/c16-11-6-12(20-9-11)8-18-7-10-3-4-14(17)13-2-1-5-19-15(10)13/h1-6,9,18H,7-8H2. The SMILES string of the molecule is Brc1csc(CNCc2ccc(Br)c3cccnc23)c1. The van der Waals surface area contributed by atoms with Gasteiger partial charge >= 0.3 is 0 Å². The fourth-order valence-electron chi connectivity index (χ4n) is 2.11. The number of rotatable bonds is 4. The summed E-state index contributed by atoms with van der Waals surface area (Å²) in [5, 5.41) is 6.74. The van der Waals surface area contributed by atoms with Crippen molar-refractivity contribution in [2.45, 2.75) is 13.1 Å². The molecule has 0 aliphatic rings. The Hall–Kier alpha value is -0.750. The molecule has 102 valence electrons. The number of hydrogen-bond acceptors (Lipinski definition) is 3. The van der Waals surface area contributed by atoms with E-state index in [0.29, 0.717) is 0 Å². The molecule has 0 bridgehead atoms. The van der Waals surface area contributed by atoms with E-state index in [2.05, 4.69) is 71.8 Å². The first-order chi connectivity index (χ1) is 9.74. The monoisotopic (exact) mass is 410 g/mol. The van der Waals surface area contributed by atoms with Crippen molar-refractivity contribution in [1.29, 1.82) is 0 Å². The number of aromatic nitrogens is 1. The van der Waals surface area contributed by atoms with Crippen LogP contribution in [0.4, 0.5) is 0 Å². The van der Waals surface area contributed by atoms with E-state index < -0.39 is 0 Å². The molecular weight excluding hydrogens is 400 g/mol. The van der Waals surface area contributed by atoms with Gasteiger partial charge in [-0.05, 0) is 39.7 Å². The van der Waals surface area contributed by atoms with Crippen LogP contribution in [0.15, 0.2) is 50.9 Å². The van der Waals surface area contributed by atoms with E-state index in [1.165, 1.54) is 10.4 Å². The number of hydrogen-bond donors (Lipinski definition) is 1. The number of fused-ring (bicyclic) bond motifs is 1. The molecule has 1 aromatic carbocycles. The Bertz CT molecular complexity index is 740. The minimum absolute atomic E-state index is 0.816. The van der Waals surface area contributed by atoms with E-state index in [-0.39, 0.29) is 0 Å². The number of halogens is 2. The summed E-state index contributed by atoms with van der Waals surface area (Å²) < 4.78 is 2.24. The van der Waals surface area contributed by atoms with Crippen molar-refractivity contribution in [2.24, 2.45) is 0 Å². The van der Waals surface area contributed by atoms with Crippen molar-refractivity contribution in [2.75, 3.05) is 0 Å². The average molecular weight is 412 g/mol. The lowest BCUT2D eigenvalue weighted by molar-refractivity contribution is 0.703. The van der Waals surface area contributed by atoms with E-state index in [4.69, 9.17) is 0 Å². The van der Waals surface area contributed by atoms with Crippen LogP contribution in [0.1, 0.15) is 10.4 Å². The molecule has 0 fully saturated rings. The maximum Gasteiger partial charge on any atom is 0.0758 e. The van der Waals surface area contributed by atoms with Gasteiger partial charge in [0.1, 0.15) is 0 Å². The second kappa shape index (κ2) is 6.35. The largest absolute Gasteiger partial charge is 0.308 e. The Kier molecular flexibility index (Phi) is 4.51. The van der Waals surface area contributed by atoms with Crippen LogP contribution in [-0.4, -0.2) is 4.98 Å². The summed E-state index contributed by atoms with van der Waals surface area (Å²) in [5.41, 5.74) is 2.28. The molecule has 0 unspecified atom stereocenters. The minimum atomic E-state index is 0.816. The number of nitrogens with zero attached hydrogens (tertiary/aromatic N) is 1. The van der Waals surface area contributed by atoms with Gasteiger partial charge in [-0.1, -0.05) is 28.1 Å². The maximum atomic E-state index is 4.50. The highest BCUT2D eigenvalue weighted by Crippen LogP contribution is 2.25. The van der Waals surface area contributed by atoms with Crippen molar-refractivity contribution < 1.29 is 0 Å². The van der Waals surface area contributed by atoms with E-state index in [1.807, 2.05) is 12.3 Å². The van der Waals surface area contributed by atoms with Crippen LogP contribution in [0.3, 0.4) is 0 Å². The first kappa shape index (κ1) is 14.2. The van der Waals surface area contributed by atoms with E-state index in [1.54, 1.807) is 11.3 Å². The minimum Gasteiger partial charge on any atom is -0.308 e. The molecule has 0 aliphatic carbocycles. The van der Waals surface area contributed by atoms with E-state index >= 15 is 0 Å². The van der Waals surface area contributed by atoms with Crippen molar-refractivity contribution in [3.8, 4) is 0 Å². The quantitative estimate of drug-likeness (QED) is 0.645. The van der Waals surface area contributed by atoms with Crippen molar-refractivity contribution >= 4 is 54.1 Å². The molecule has 0 spiro atoms. The van der Waals surface area contributed by atoms with Crippen LogP contribution in [0.2, 0.25) is 0 Å². The summed E-state index contributed by atoms with van der Waals surface area (Å²) in [6.45, 7) is 1.69. The predicted octanol–water partition coefficient (Wildman–Crippen LogP) is 5.11. The molecule has 0 radical (unpaired) electrons. The average Bonchev–Trinajstić information content (AvgIpc) is 2.87. The normalized spacial score (nSPS) is 11.1. The molecule has 0 amide bonds. The number of nitrogens with one attached hydrogen (secondary N) is 1. The Morgan fingerprint density at radius 2 is 2.05 bits per heavy atom. The third-order valence-corrected chi connectivity index (χ3v) is 5.43. The van der Waals surface area contributed by atoms with E-state index in [0.717, 1.165) is 32.9 Å². The Morgan fingerprint density at radius 1 is 1.15 bits per heavy atom. The first-order valence-electron chi connectivity index (χ1n) is 6.20. The summed E-state index contributed by atoms with van der Waals surface area (Å²) in [4.78, 5) is 5.82. The third kappa shape index (κ3) is 3.11. The smallest absolute Gasteiger partial charge is 0.0758 e. The fraction of sp³-hybridized carbons (Fsp3) is 0.133. The van der Waals surface area contributed by atoms with Gasteiger partial charge < -0.3 is 5.32 Å². The number of thiophene rings is 1. The molecule has 0 aliphatic heterocycles. The van der Waals surface area contributed by atoms with Gasteiger partial charge in [0.05, 0.1) is 5.52 Å². The first-order valence-corrected chi connectivity index (χ1v) is 8.66. The molecule has 2 aromatic heterocycles. The molecule has 2 heterocycles. The molecule has 2 nitrogen and oxygen atoms in total. The second-order valence-corrected chi connectivity index (χ2v) is 7.21. The van der Waals surface area contributed by atoms with Crippen molar-refractivity contribution in [1.82, 2.24) is 10.3 Å². The molecule has 5 heteroatoms. The molecule has 1 N–H and O–H groups in total. The summed E-state index contributed by atoms with van der Waals surface area (Å²) in [6, 6.07) is 10.4. The predicted molar refractivity (Wildman–Crippen MR) is 92.0 cm³/mol. The fourth-order valence-corrected chi connectivity index (χ4v) is 3.98. The Balaban J connectivity index is 1.76. The summed E-state index contributed by atoms with van der Waals surface area (Å²) >= 11 is 8.81. The zero-order valence-corrected chi connectivity index (χ0v) is 14.6. The highest BCUT2D eigenvalue weighted by Gasteiger charge is 2.05.